The second-order valence-corrected chi connectivity index (χ2v) is 10.6. The molecule has 2 atom stereocenters. The summed E-state index contributed by atoms with van der Waals surface area (Å²) in [6.45, 7) is 3.04. The fourth-order valence-electron chi connectivity index (χ4n) is 4.22. The Morgan fingerprint density at radius 1 is 0.514 bits per heavy atom. The van der Waals surface area contributed by atoms with Gasteiger partial charge in [-0.1, -0.05) is 48.5 Å². The summed E-state index contributed by atoms with van der Waals surface area (Å²) in [5.74, 6) is -2.06. The van der Waals surface area contributed by atoms with Crippen LogP contribution in [0, 0.1) is 37.1 Å². The van der Waals surface area contributed by atoms with Crippen LogP contribution >= 0.6 is 0 Å². The van der Waals surface area contributed by atoms with Crippen molar-refractivity contribution >= 4 is 9.84 Å². The van der Waals surface area contributed by atoms with Gasteiger partial charge in [0.25, 0.3) is 0 Å². The summed E-state index contributed by atoms with van der Waals surface area (Å²) in [6.07, 6.45) is 0. The van der Waals surface area contributed by atoms with E-state index in [1.165, 1.54) is 74.5 Å². The van der Waals surface area contributed by atoms with E-state index in [2.05, 4.69) is 0 Å². The van der Waals surface area contributed by atoms with E-state index in [1.54, 1.807) is 0 Å². The van der Waals surface area contributed by atoms with E-state index in [0.717, 1.165) is 24.3 Å². The van der Waals surface area contributed by atoms with Gasteiger partial charge >= 0.3 is 0 Å². The van der Waals surface area contributed by atoms with Gasteiger partial charge in [-0.05, 0) is 83.6 Å². The molecule has 0 aromatic heterocycles. The molecule has 35 heavy (non-hydrogen) atoms. The van der Waals surface area contributed by atoms with Crippen LogP contribution in [0.2, 0.25) is 0 Å². The SMILES string of the molecule is Cc1cc(C(c2ccc(F)cc2)S(=O)(=O)C(c2ccc(F)cc2)c2ccc(F)c(C)c2)ccc1F. The number of rotatable bonds is 6. The molecule has 0 aliphatic heterocycles. The van der Waals surface area contributed by atoms with Crippen molar-refractivity contribution in [3.8, 4) is 0 Å². The topological polar surface area (TPSA) is 34.1 Å². The Balaban J connectivity index is 1.99. The molecule has 0 bridgehead atoms. The van der Waals surface area contributed by atoms with Crippen LogP contribution in [0.3, 0.4) is 0 Å². The molecular formula is C28H22F4O2S. The first-order chi connectivity index (χ1) is 16.6. The molecule has 7 heteroatoms. The van der Waals surface area contributed by atoms with Gasteiger partial charge in [-0.15, -0.1) is 0 Å². The molecule has 2 unspecified atom stereocenters. The second kappa shape index (κ2) is 9.66. The maximum atomic E-state index is 14.4. The predicted octanol–water partition coefficient (Wildman–Crippen LogP) is 7.15. The van der Waals surface area contributed by atoms with Crippen LogP contribution < -0.4 is 0 Å². The highest BCUT2D eigenvalue weighted by molar-refractivity contribution is 7.92. The van der Waals surface area contributed by atoms with E-state index in [-0.39, 0.29) is 22.3 Å². The molecular weight excluding hydrogens is 476 g/mol. The zero-order chi connectivity index (χ0) is 25.3. The fraction of sp³-hybridized carbons (Fsp3) is 0.143. The molecule has 0 spiro atoms. The lowest BCUT2D eigenvalue weighted by atomic mass is 10.0. The van der Waals surface area contributed by atoms with E-state index in [0.29, 0.717) is 11.1 Å². The van der Waals surface area contributed by atoms with Gasteiger partial charge in [0.2, 0.25) is 0 Å². The van der Waals surface area contributed by atoms with Crippen molar-refractivity contribution in [2.24, 2.45) is 0 Å². The molecule has 0 saturated carbocycles. The molecule has 0 fully saturated rings. The van der Waals surface area contributed by atoms with Crippen molar-refractivity contribution in [1.82, 2.24) is 0 Å². The third-order valence-corrected chi connectivity index (χ3v) is 8.37. The van der Waals surface area contributed by atoms with Crippen molar-refractivity contribution < 1.29 is 26.0 Å². The Kier molecular flexibility index (Phi) is 6.81. The van der Waals surface area contributed by atoms with Gasteiger partial charge in [0.1, 0.15) is 33.8 Å². The molecule has 0 heterocycles. The van der Waals surface area contributed by atoms with Crippen molar-refractivity contribution in [2.75, 3.05) is 0 Å². The van der Waals surface area contributed by atoms with E-state index in [4.69, 9.17) is 0 Å². The average molecular weight is 499 g/mol. The normalized spacial score (nSPS) is 13.4. The summed E-state index contributed by atoms with van der Waals surface area (Å²) < 4.78 is 84.4. The molecule has 0 aliphatic carbocycles. The van der Waals surface area contributed by atoms with Crippen LogP contribution in [-0.2, 0) is 9.84 Å². The molecule has 0 amide bonds. The van der Waals surface area contributed by atoms with Gasteiger partial charge in [0.15, 0.2) is 9.84 Å². The Bertz CT molecular complexity index is 1360. The number of halogens is 4. The minimum Gasteiger partial charge on any atom is -0.227 e. The van der Waals surface area contributed by atoms with Gasteiger partial charge in [0, 0.05) is 0 Å². The highest BCUT2D eigenvalue weighted by atomic mass is 32.2. The van der Waals surface area contributed by atoms with Crippen LogP contribution in [0.15, 0.2) is 84.9 Å². The smallest absolute Gasteiger partial charge is 0.172 e. The van der Waals surface area contributed by atoms with Crippen molar-refractivity contribution in [3.05, 3.63) is 142 Å². The van der Waals surface area contributed by atoms with Gasteiger partial charge in [-0.3, -0.25) is 0 Å². The highest BCUT2D eigenvalue weighted by Crippen LogP contribution is 2.43. The number of aryl methyl sites for hydroxylation is 2. The molecule has 180 valence electrons. The minimum absolute atomic E-state index is 0.251. The summed E-state index contributed by atoms with van der Waals surface area (Å²) in [4.78, 5) is 0. The molecule has 0 aliphatic rings. The zero-order valence-corrected chi connectivity index (χ0v) is 19.8. The second-order valence-electron chi connectivity index (χ2n) is 8.47. The van der Waals surface area contributed by atoms with E-state index >= 15 is 0 Å². The first kappa shape index (κ1) is 24.7. The van der Waals surface area contributed by atoms with Crippen molar-refractivity contribution in [1.29, 1.82) is 0 Å². The van der Waals surface area contributed by atoms with Crippen LogP contribution in [0.25, 0.3) is 0 Å². The average Bonchev–Trinajstić information content (AvgIpc) is 2.81. The summed E-state index contributed by atoms with van der Waals surface area (Å²) in [7, 11) is -4.25. The summed E-state index contributed by atoms with van der Waals surface area (Å²) in [6, 6.07) is 18.1. The van der Waals surface area contributed by atoms with Crippen LogP contribution in [0.5, 0.6) is 0 Å². The highest BCUT2D eigenvalue weighted by Gasteiger charge is 2.39. The van der Waals surface area contributed by atoms with E-state index in [9.17, 15) is 26.0 Å². The Morgan fingerprint density at radius 3 is 1.14 bits per heavy atom. The first-order valence-electron chi connectivity index (χ1n) is 10.8. The van der Waals surface area contributed by atoms with Crippen molar-refractivity contribution in [3.63, 3.8) is 0 Å². The third-order valence-electron chi connectivity index (χ3n) is 5.97. The molecule has 0 N–H and O–H groups in total. The monoisotopic (exact) mass is 498 g/mol. The quantitative estimate of drug-likeness (QED) is 0.265. The number of sulfone groups is 1. The van der Waals surface area contributed by atoms with Crippen LogP contribution in [0.4, 0.5) is 17.6 Å². The lowest BCUT2D eigenvalue weighted by molar-refractivity contribution is 0.579. The largest absolute Gasteiger partial charge is 0.227 e. The molecule has 2 nitrogen and oxygen atoms in total. The number of hydrogen-bond donors (Lipinski definition) is 0. The Morgan fingerprint density at radius 2 is 0.829 bits per heavy atom. The third kappa shape index (κ3) is 5.00. The molecule has 4 aromatic rings. The molecule has 0 saturated heterocycles. The lowest BCUT2D eigenvalue weighted by Crippen LogP contribution is -2.23. The minimum atomic E-state index is -4.25. The first-order valence-corrected chi connectivity index (χ1v) is 12.4. The summed E-state index contributed by atoms with van der Waals surface area (Å²) in [5.41, 5.74) is 1.65. The Hall–Kier alpha value is -3.45. The van der Waals surface area contributed by atoms with E-state index < -0.39 is 43.6 Å². The zero-order valence-electron chi connectivity index (χ0n) is 19.0. The Labute approximate surface area is 201 Å². The van der Waals surface area contributed by atoms with Gasteiger partial charge < -0.3 is 0 Å². The fourth-order valence-corrected chi connectivity index (χ4v) is 6.61. The molecule has 0 radical (unpaired) electrons. The number of benzene rings is 4. The van der Waals surface area contributed by atoms with E-state index in [1.807, 2.05) is 0 Å². The summed E-state index contributed by atoms with van der Waals surface area (Å²) in [5, 5.41) is -2.61. The standard InChI is InChI=1S/C28H22F4O2S/c1-17-15-21(7-13-25(17)31)27(19-3-9-23(29)10-4-19)35(33,34)28(20-5-11-24(30)12-6-20)22-8-14-26(32)18(2)16-22/h3-16,27-28H,1-2H3. The van der Waals surface area contributed by atoms with Gasteiger partial charge in [0.05, 0.1) is 0 Å². The predicted molar refractivity (Wildman–Crippen MR) is 128 cm³/mol. The molecule has 4 aromatic carbocycles. The van der Waals surface area contributed by atoms with Crippen LogP contribution in [0.1, 0.15) is 43.9 Å². The maximum absolute atomic E-state index is 14.4. The lowest BCUT2D eigenvalue weighted by Gasteiger charge is -2.27. The van der Waals surface area contributed by atoms with Crippen LogP contribution in [-0.4, -0.2) is 8.42 Å². The van der Waals surface area contributed by atoms with Gasteiger partial charge in [-0.25, -0.2) is 26.0 Å². The van der Waals surface area contributed by atoms with Gasteiger partial charge in [-0.2, -0.15) is 0 Å². The number of hydrogen-bond acceptors (Lipinski definition) is 2. The summed E-state index contributed by atoms with van der Waals surface area (Å²) >= 11 is 0. The molecule has 4 rings (SSSR count). The maximum Gasteiger partial charge on any atom is 0.172 e. The van der Waals surface area contributed by atoms with Crippen molar-refractivity contribution in [2.45, 2.75) is 24.3 Å².